The van der Waals surface area contributed by atoms with Gasteiger partial charge in [0.2, 0.25) is 0 Å². The number of benzene rings is 1. The van der Waals surface area contributed by atoms with E-state index < -0.39 is 0 Å². The number of aromatic nitrogens is 1. The van der Waals surface area contributed by atoms with Gasteiger partial charge in [-0.2, -0.15) is 0 Å². The van der Waals surface area contributed by atoms with Crippen LogP contribution in [0.3, 0.4) is 0 Å². The Morgan fingerprint density at radius 1 is 1.12 bits per heavy atom. The van der Waals surface area contributed by atoms with Gasteiger partial charge >= 0.3 is 0 Å². The van der Waals surface area contributed by atoms with Crippen LogP contribution in [0.15, 0.2) is 33.8 Å². The molecule has 1 aromatic heterocycles. The molecule has 0 saturated carbocycles. The van der Waals surface area contributed by atoms with E-state index in [2.05, 4.69) is 47.5 Å². The molecule has 2 N–H and O–H groups in total. The summed E-state index contributed by atoms with van der Waals surface area (Å²) in [4.78, 5) is 7.16. The zero-order valence-electron chi connectivity index (χ0n) is 19.7. The summed E-state index contributed by atoms with van der Waals surface area (Å²) in [6.07, 6.45) is 1.68. The summed E-state index contributed by atoms with van der Waals surface area (Å²) in [7, 11) is 0. The van der Waals surface area contributed by atoms with Crippen LogP contribution in [0.5, 0.6) is 5.75 Å². The third-order valence-electron chi connectivity index (χ3n) is 5.53. The number of nitrogens with one attached hydrogen (secondary N) is 2. The van der Waals surface area contributed by atoms with E-state index in [1.165, 1.54) is 0 Å². The summed E-state index contributed by atoms with van der Waals surface area (Å²) in [5, 5.41) is 10.9. The molecule has 2 heterocycles. The van der Waals surface area contributed by atoms with E-state index >= 15 is 0 Å². The number of morpholine rings is 1. The first kappa shape index (κ1) is 24.1. The van der Waals surface area contributed by atoms with Gasteiger partial charge in [-0.1, -0.05) is 37.2 Å². The predicted molar refractivity (Wildman–Crippen MR) is 126 cm³/mol. The first-order valence-electron chi connectivity index (χ1n) is 11.7. The first-order chi connectivity index (χ1) is 15.7. The van der Waals surface area contributed by atoms with Crippen LogP contribution >= 0.6 is 0 Å². The minimum Gasteiger partial charge on any atom is -0.492 e. The highest BCUT2D eigenvalue weighted by atomic mass is 16.5. The second-order valence-corrected chi connectivity index (χ2v) is 7.70. The standard InChI is InChI=1S/C24H37N5O3/c1-4-21-20(22(5-2)32-28-21)18-27-24(25-6-3)26-17-19-9-7-8-10-23(19)31-16-13-29-11-14-30-15-12-29/h7-10H,4-6,11-18H2,1-3H3,(H2,25,26,27). The van der Waals surface area contributed by atoms with Crippen LogP contribution in [-0.2, 0) is 30.7 Å². The SMILES string of the molecule is CCNC(=NCc1ccccc1OCCN1CCOCC1)NCc1c(CC)noc1CC. The number of para-hydroxylation sites is 1. The van der Waals surface area contributed by atoms with Crippen molar-refractivity contribution in [3.8, 4) is 5.75 Å². The molecule has 0 radical (unpaired) electrons. The molecule has 2 aromatic rings. The van der Waals surface area contributed by atoms with Crippen molar-refractivity contribution in [1.29, 1.82) is 0 Å². The lowest BCUT2D eigenvalue weighted by molar-refractivity contribution is 0.0322. The van der Waals surface area contributed by atoms with Crippen molar-refractivity contribution < 1.29 is 14.0 Å². The lowest BCUT2D eigenvalue weighted by Crippen LogP contribution is -2.38. The molecular formula is C24H37N5O3. The average molecular weight is 444 g/mol. The van der Waals surface area contributed by atoms with Gasteiger partial charge in [0, 0.05) is 50.3 Å². The van der Waals surface area contributed by atoms with Crippen molar-refractivity contribution in [2.75, 3.05) is 46.0 Å². The van der Waals surface area contributed by atoms with Crippen LogP contribution in [0.4, 0.5) is 0 Å². The predicted octanol–water partition coefficient (Wildman–Crippen LogP) is 2.77. The zero-order valence-corrected chi connectivity index (χ0v) is 19.7. The van der Waals surface area contributed by atoms with Crippen molar-refractivity contribution in [1.82, 2.24) is 20.7 Å². The summed E-state index contributed by atoms with van der Waals surface area (Å²) in [5.41, 5.74) is 3.21. The van der Waals surface area contributed by atoms with Crippen LogP contribution in [0, 0.1) is 0 Å². The summed E-state index contributed by atoms with van der Waals surface area (Å²) < 4.78 is 17.0. The van der Waals surface area contributed by atoms with E-state index in [1.54, 1.807) is 0 Å². The number of aliphatic imine (C=N–C) groups is 1. The fraction of sp³-hybridized carbons (Fsp3) is 0.583. The van der Waals surface area contributed by atoms with Crippen molar-refractivity contribution in [3.63, 3.8) is 0 Å². The highest BCUT2D eigenvalue weighted by Gasteiger charge is 2.14. The van der Waals surface area contributed by atoms with Gasteiger partial charge in [0.25, 0.3) is 0 Å². The lowest BCUT2D eigenvalue weighted by Gasteiger charge is -2.26. The minimum atomic E-state index is 0.536. The van der Waals surface area contributed by atoms with E-state index in [1.807, 2.05) is 18.2 Å². The third-order valence-corrected chi connectivity index (χ3v) is 5.53. The summed E-state index contributed by atoms with van der Waals surface area (Å²) in [5.74, 6) is 2.59. The van der Waals surface area contributed by atoms with E-state index in [0.29, 0.717) is 19.7 Å². The summed E-state index contributed by atoms with van der Waals surface area (Å²) >= 11 is 0. The molecule has 1 aliphatic heterocycles. The zero-order chi connectivity index (χ0) is 22.6. The fourth-order valence-corrected chi connectivity index (χ4v) is 3.70. The minimum absolute atomic E-state index is 0.536. The quantitative estimate of drug-likeness (QED) is 0.408. The smallest absolute Gasteiger partial charge is 0.191 e. The van der Waals surface area contributed by atoms with Crippen LogP contribution in [0.1, 0.15) is 43.4 Å². The highest BCUT2D eigenvalue weighted by Crippen LogP contribution is 2.19. The Morgan fingerprint density at radius 2 is 1.94 bits per heavy atom. The maximum absolute atomic E-state index is 6.10. The van der Waals surface area contributed by atoms with Crippen molar-refractivity contribution in [2.24, 2.45) is 4.99 Å². The second kappa shape index (κ2) is 13.1. The topological polar surface area (TPSA) is 84.2 Å². The molecule has 0 unspecified atom stereocenters. The lowest BCUT2D eigenvalue weighted by atomic mass is 10.1. The molecule has 0 aliphatic carbocycles. The maximum atomic E-state index is 6.10. The van der Waals surface area contributed by atoms with E-state index in [9.17, 15) is 0 Å². The Labute approximate surface area is 191 Å². The molecule has 8 heteroatoms. The number of rotatable bonds is 11. The van der Waals surface area contributed by atoms with Gasteiger partial charge in [-0.15, -0.1) is 0 Å². The third kappa shape index (κ3) is 6.97. The number of guanidine groups is 1. The largest absolute Gasteiger partial charge is 0.492 e. The van der Waals surface area contributed by atoms with Crippen molar-refractivity contribution >= 4 is 5.96 Å². The molecule has 3 rings (SSSR count). The van der Waals surface area contributed by atoms with Gasteiger partial charge < -0.3 is 24.6 Å². The Balaban J connectivity index is 1.59. The maximum Gasteiger partial charge on any atom is 0.191 e. The second-order valence-electron chi connectivity index (χ2n) is 7.70. The van der Waals surface area contributed by atoms with E-state index in [0.717, 1.165) is 86.5 Å². The summed E-state index contributed by atoms with van der Waals surface area (Å²) in [6, 6.07) is 8.12. The molecule has 8 nitrogen and oxygen atoms in total. The van der Waals surface area contributed by atoms with Gasteiger partial charge in [-0.25, -0.2) is 4.99 Å². The number of aryl methyl sites for hydroxylation is 2. The molecule has 0 bridgehead atoms. The molecular weight excluding hydrogens is 406 g/mol. The Bertz CT molecular complexity index is 824. The molecule has 1 fully saturated rings. The Hall–Kier alpha value is -2.58. The molecule has 1 saturated heterocycles. The van der Waals surface area contributed by atoms with Gasteiger partial charge in [-0.3, -0.25) is 4.90 Å². The number of nitrogens with zero attached hydrogens (tertiary/aromatic N) is 3. The van der Waals surface area contributed by atoms with Crippen LogP contribution in [0.2, 0.25) is 0 Å². The molecule has 176 valence electrons. The first-order valence-corrected chi connectivity index (χ1v) is 11.7. The number of ether oxygens (including phenoxy) is 2. The fourth-order valence-electron chi connectivity index (χ4n) is 3.70. The molecule has 0 amide bonds. The molecule has 32 heavy (non-hydrogen) atoms. The van der Waals surface area contributed by atoms with E-state index in [4.69, 9.17) is 19.0 Å². The highest BCUT2D eigenvalue weighted by molar-refractivity contribution is 5.79. The number of hydrogen-bond donors (Lipinski definition) is 2. The summed E-state index contributed by atoms with van der Waals surface area (Å²) in [6.45, 7) is 13.3. The van der Waals surface area contributed by atoms with Gasteiger partial charge in [0.1, 0.15) is 18.1 Å². The molecule has 0 atom stereocenters. The van der Waals surface area contributed by atoms with Gasteiger partial charge in [0.15, 0.2) is 5.96 Å². The molecule has 1 aliphatic rings. The Kier molecular flexibility index (Phi) is 9.84. The van der Waals surface area contributed by atoms with Crippen LogP contribution in [-0.4, -0.2) is 62.0 Å². The number of hydrogen-bond acceptors (Lipinski definition) is 6. The van der Waals surface area contributed by atoms with Crippen LogP contribution in [0.25, 0.3) is 0 Å². The van der Waals surface area contributed by atoms with Gasteiger partial charge in [-0.05, 0) is 19.4 Å². The van der Waals surface area contributed by atoms with Gasteiger partial charge in [0.05, 0.1) is 25.5 Å². The Morgan fingerprint density at radius 3 is 2.69 bits per heavy atom. The van der Waals surface area contributed by atoms with Crippen molar-refractivity contribution in [3.05, 3.63) is 46.8 Å². The van der Waals surface area contributed by atoms with Crippen molar-refractivity contribution in [2.45, 2.75) is 46.7 Å². The monoisotopic (exact) mass is 443 g/mol. The average Bonchev–Trinajstić information content (AvgIpc) is 3.24. The normalized spacial score (nSPS) is 15.0. The van der Waals surface area contributed by atoms with E-state index in [-0.39, 0.29) is 0 Å². The molecule has 0 spiro atoms. The molecule has 1 aromatic carbocycles. The van der Waals surface area contributed by atoms with Crippen LogP contribution < -0.4 is 15.4 Å².